The molecule has 0 atom stereocenters. The molecule has 3 aromatic rings. The van der Waals surface area contributed by atoms with E-state index in [1.807, 2.05) is 24.3 Å². The highest BCUT2D eigenvalue weighted by molar-refractivity contribution is 6.06. The van der Waals surface area contributed by atoms with E-state index in [9.17, 15) is 18.0 Å². The van der Waals surface area contributed by atoms with Gasteiger partial charge in [-0.2, -0.15) is 13.2 Å². The summed E-state index contributed by atoms with van der Waals surface area (Å²) in [5.41, 5.74) is 1.40. The molecule has 150 valence electrons. The Balaban J connectivity index is 1.41. The quantitative estimate of drug-likeness (QED) is 0.662. The first-order chi connectivity index (χ1) is 13.9. The van der Waals surface area contributed by atoms with Crippen molar-refractivity contribution in [2.45, 2.75) is 12.7 Å². The topological polar surface area (TPSA) is 36.4 Å². The SMILES string of the molecule is O=C(c1ccnc2ccccc12)N1CCN(Cc2cccc(C(F)(F)F)c2)CC1. The van der Waals surface area contributed by atoms with E-state index >= 15 is 0 Å². The molecule has 1 amide bonds. The van der Waals surface area contributed by atoms with Gasteiger partial charge in [0.25, 0.3) is 5.91 Å². The van der Waals surface area contributed by atoms with Gasteiger partial charge in [0.15, 0.2) is 0 Å². The molecule has 0 unspecified atom stereocenters. The second-order valence-electron chi connectivity index (χ2n) is 7.14. The molecule has 1 fully saturated rings. The van der Waals surface area contributed by atoms with Crippen LogP contribution in [-0.2, 0) is 12.7 Å². The number of nitrogens with zero attached hydrogens (tertiary/aromatic N) is 3. The van der Waals surface area contributed by atoms with Gasteiger partial charge < -0.3 is 4.90 Å². The third kappa shape index (κ3) is 4.24. The number of carbonyl (C=O) groups is 1. The summed E-state index contributed by atoms with van der Waals surface area (Å²) >= 11 is 0. The number of pyridine rings is 1. The summed E-state index contributed by atoms with van der Waals surface area (Å²) in [6.45, 7) is 2.74. The summed E-state index contributed by atoms with van der Waals surface area (Å²) in [6, 6.07) is 14.7. The summed E-state index contributed by atoms with van der Waals surface area (Å²) < 4.78 is 38.7. The van der Waals surface area contributed by atoms with Gasteiger partial charge in [-0.25, -0.2) is 0 Å². The zero-order chi connectivity index (χ0) is 20.4. The molecule has 0 saturated carbocycles. The van der Waals surface area contributed by atoms with Crippen molar-refractivity contribution in [3.63, 3.8) is 0 Å². The lowest BCUT2D eigenvalue weighted by molar-refractivity contribution is -0.137. The highest BCUT2D eigenvalue weighted by Gasteiger charge is 2.30. The Kier molecular flexibility index (Phi) is 5.24. The van der Waals surface area contributed by atoms with Crippen LogP contribution in [0.3, 0.4) is 0 Å². The fourth-order valence-corrected chi connectivity index (χ4v) is 3.67. The number of carbonyl (C=O) groups excluding carboxylic acids is 1. The number of piperazine rings is 1. The number of para-hydroxylation sites is 1. The lowest BCUT2D eigenvalue weighted by Crippen LogP contribution is -2.48. The third-order valence-corrected chi connectivity index (χ3v) is 5.20. The molecular weight excluding hydrogens is 379 g/mol. The van der Waals surface area contributed by atoms with Gasteiger partial charge in [0.1, 0.15) is 0 Å². The van der Waals surface area contributed by atoms with E-state index in [4.69, 9.17) is 0 Å². The molecule has 1 aromatic heterocycles. The van der Waals surface area contributed by atoms with E-state index in [1.54, 1.807) is 23.2 Å². The van der Waals surface area contributed by atoms with Crippen LogP contribution in [0.4, 0.5) is 13.2 Å². The molecule has 0 N–H and O–H groups in total. The van der Waals surface area contributed by atoms with Gasteiger partial charge in [-0.15, -0.1) is 0 Å². The van der Waals surface area contributed by atoms with Crippen LogP contribution in [0.15, 0.2) is 60.8 Å². The van der Waals surface area contributed by atoms with Crippen LogP contribution in [0.25, 0.3) is 10.9 Å². The standard InChI is InChI=1S/C22H20F3N3O/c23-22(24,25)17-5-3-4-16(14-17)15-27-10-12-28(13-11-27)21(29)19-8-9-26-20-7-2-1-6-18(19)20/h1-9,14H,10-13,15H2. The maximum absolute atomic E-state index is 13.0. The van der Waals surface area contributed by atoms with Crippen molar-refractivity contribution < 1.29 is 18.0 Å². The molecule has 2 aromatic carbocycles. The van der Waals surface area contributed by atoms with Gasteiger partial charge >= 0.3 is 6.18 Å². The number of hydrogen-bond acceptors (Lipinski definition) is 3. The first kappa shape index (κ1) is 19.4. The Morgan fingerprint density at radius 2 is 1.72 bits per heavy atom. The summed E-state index contributed by atoms with van der Waals surface area (Å²) in [4.78, 5) is 21.2. The average molecular weight is 399 g/mol. The van der Waals surface area contributed by atoms with Crippen molar-refractivity contribution in [2.24, 2.45) is 0 Å². The third-order valence-electron chi connectivity index (χ3n) is 5.20. The maximum Gasteiger partial charge on any atom is 0.416 e. The Hall–Kier alpha value is -2.93. The van der Waals surface area contributed by atoms with Crippen molar-refractivity contribution in [2.75, 3.05) is 26.2 Å². The maximum atomic E-state index is 13.0. The Morgan fingerprint density at radius 1 is 0.966 bits per heavy atom. The highest BCUT2D eigenvalue weighted by atomic mass is 19.4. The van der Waals surface area contributed by atoms with Crippen LogP contribution in [0.5, 0.6) is 0 Å². The molecule has 1 aliphatic heterocycles. The van der Waals surface area contributed by atoms with E-state index in [2.05, 4.69) is 9.88 Å². The van der Waals surface area contributed by atoms with Gasteiger partial charge in [-0.1, -0.05) is 36.4 Å². The van der Waals surface area contributed by atoms with Gasteiger partial charge in [0.2, 0.25) is 0 Å². The second-order valence-corrected chi connectivity index (χ2v) is 7.14. The molecule has 4 rings (SSSR count). The van der Waals surface area contributed by atoms with Gasteiger partial charge in [-0.3, -0.25) is 14.7 Å². The van der Waals surface area contributed by atoms with E-state index in [-0.39, 0.29) is 5.91 Å². The van der Waals surface area contributed by atoms with Gasteiger partial charge in [0, 0.05) is 44.3 Å². The Bertz CT molecular complexity index is 1020. The molecule has 0 aliphatic carbocycles. The minimum atomic E-state index is -4.34. The average Bonchev–Trinajstić information content (AvgIpc) is 2.73. The molecule has 1 saturated heterocycles. The molecule has 2 heterocycles. The number of halogens is 3. The first-order valence-corrected chi connectivity index (χ1v) is 9.43. The Morgan fingerprint density at radius 3 is 2.48 bits per heavy atom. The van der Waals surface area contributed by atoms with E-state index in [0.29, 0.717) is 43.9 Å². The monoisotopic (exact) mass is 399 g/mol. The molecule has 7 heteroatoms. The number of aromatic nitrogens is 1. The molecule has 0 radical (unpaired) electrons. The van der Waals surface area contributed by atoms with E-state index in [1.165, 1.54) is 12.1 Å². The van der Waals surface area contributed by atoms with Crippen LogP contribution in [0.2, 0.25) is 0 Å². The van der Waals surface area contributed by atoms with Crippen molar-refractivity contribution >= 4 is 16.8 Å². The van der Waals surface area contributed by atoms with Crippen molar-refractivity contribution in [3.8, 4) is 0 Å². The van der Waals surface area contributed by atoms with Crippen LogP contribution < -0.4 is 0 Å². The number of fused-ring (bicyclic) bond motifs is 1. The molecule has 0 bridgehead atoms. The number of benzene rings is 2. The highest BCUT2D eigenvalue weighted by Crippen LogP contribution is 2.30. The summed E-state index contributed by atoms with van der Waals surface area (Å²) in [7, 11) is 0. The summed E-state index contributed by atoms with van der Waals surface area (Å²) in [6.07, 6.45) is -2.70. The normalized spacial score (nSPS) is 15.6. The van der Waals surface area contributed by atoms with Gasteiger partial charge in [0.05, 0.1) is 16.6 Å². The molecule has 4 nitrogen and oxygen atoms in total. The smallest absolute Gasteiger partial charge is 0.336 e. The minimum absolute atomic E-state index is 0.0395. The van der Waals surface area contributed by atoms with E-state index in [0.717, 1.165) is 17.0 Å². The Labute approximate surface area is 166 Å². The van der Waals surface area contributed by atoms with Crippen LogP contribution in [-0.4, -0.2) is 46.9 Å². The van der Waals surface area contributed by atoms with Gasteiger partial charge in [-0.05, 0) is 23.8 Å². The summed E-state index contributed by atoms with van der Waals surface area (Å²) in [5, 5.41) is 0.825. The summed E-state index contributed by atoms with van der Waals surface area (Å²) in [5.74, 6) is -0.0395. The molecular formula is C22H20F3N3O. The zero-order valence-electron chi connectivity index (χ0n) is 15.7. The lowest BCUT2D eigenvalue weighted by atomic mass is 10.1. The second kappa shape index (κ2) is 7.83. The number of rotatable bonds is 3. The van der Waals surface area contributed by atoms with Crippen molar-refractivity contribution in [1.82, 2.24) is 14.8 Å². The molecule has 0 spiro atoms. The minimum Gasteiger partial charge on any atom is -0.336 e. The number of alkyl halides is 3. The molecule has 29 heavy (non-hydrogen) atoms. The fraction of sp³-hybridized carbons (Fsp3) is 0.273. The number of amides is 1. The van der Waals surface area contributed by atoms with E-state index < -0.39 is 11.7 Å². The van der Waals surface area contributed by atoms with Crippen LogP contribution in [0, 0.1) is 0 Å². The predicted octanol–water partition coefficient (Wildman–Crippen LogP) is 4.21. The van der Waals surface area contributed by atoms with Crippen molar-refractivity contribution in [3.05, 3.63) is 77.5 Å². The first-order valence-electron chi connectivity index (χ1n) is 9.43. The van der Waals surface area contributed by atoms with Crippen molar-refractivity contribution in [1.29, 1.82) is 0 Å². The van der Waals surface area contributed by atoms with Crippen LogP contribution in [0.1, 0.15) is 21.5 Å². The lowest BCUT2D eigenvalue weighted by Gasteiger charge is -2.35. The number of hydrogen-bond donors (Lipinski definition) is 0. The predicted molar refractivity (Wildman–Crippen MR) is 104 cm³/mol. The van der Waals surface area contributed by atoms with Crippen LogP contribution >= 0.6 is 0 Å². The molecule has 1 aliphatic rings. The zero-order valence-corrected chi connectivity index (χ0v) is 15.7. The fourth-order valence-electron chi connectivity index (χ4n) is 3.67. The largest absolute Gasteiger partial charge is 0.416 e.